The number of nitrogens with zero attached hydrogens (tertiary/aromatic N) is 2. The normalized spacial score (nSPS) is 18.6. The van der Waals surface area contributed by atoms with Gasteiger partial charge in [-0.15, -0.1) is 0 Å². The van der Waals surface area contributed by atoms with Gasteiger partial charge in [-0.1, -0.05) is 24.3 Å². The second-order valence-corrected chi connectivity index (χ2v) is 7.24. The Hall–Kier alpha value is -3.55. The molecule has 150 valence electrons. The predicted molar refractivity (Wildman–Crippen MR) is 108 cm³/mol. The number of hydrogen-bond acceptors (Lipinski definition) is 4. The van der Waals surface area contributed by atoms with Crippen LogP contribution < -0.4 is 20.3 Å². The number of nitrogens with one attached hydrogen (secondary N) is 2. The Labute approximate surface area is 168 Å². The zero-order chi connectivity index (χ0) is 20.5. The summed E-state index contributed by atoms with van der Waals surface area (Å²) in [5, 5.41) is 5.38. The van der Waals surface area contributed by atoms with Crippen LogP contribution in [0.1, 0.15) is 18.1 Å². The van der Waals surface area contributed by atoms with Crippen molar-refractivity contribution in [1.29, 1.82) is 0 Å². The van der Waals surface area contributed by atoms with E-state index < -0.39 is 6.03 Å². The standard InChI is InChI=1S/C21H22N4O4/c1-13-7-8-16(9-17(13)25-19(26)10-22-20(25)27)23-21(28)24-11-14(2)29-18-6-4-3-5-15(18)12-24/h3-9,14H,10-12H2,1-2H3,(H,22,27)(H,23,28). The number of urea groups is 2. The van der Waals surface area contributed by atoms with E-state index in [0.29, 0.717) is 24.5 Å². The molecule has 0 spiro atoms. The third kappa shape index (κ3) is 3.73. The van der Waals surface area contributed by atoms with E-state index in [2.05, 4.69) is 10.6 Å². The Bertz CT molecular complexity index is 974. The zero-order valence-electron chi connectivity index (χ0n) is 16.3. The van der Waals surface area contributed by atoms with Crippen LogP contribution in [-0.2, 0) is 11.3 Å². The fourth-order valence-corrected chi connectivity index (χ4v) is 3.54. The van der Waals surface area contributed by atoms with Crippen LogP contribution >= 0.6 is 0 Å². The highest BCUT2D eigenvalue weighted by Gasteiger charge is 2.31. The molecule has 0 aliphatic carbocycles. The summed E-state index contributed by atoms with van der Waals surface area (Å²) in [6, 6.07) is 12.1. The number of rotatable bonds is 2. The molecular weight excluding hydrogens is 372 g/mol. The van der Waals surface area contributed by atoms with E-state index in [4.69, 9.17) is 4.74 Å². The van der Waals surface area contributed by atoms with E-state index in [-0.39, 0.29) is 24.6 Å². The quantitative estimate of drug-likeness (QED) is 0.767. The minimum Gasteiger partial charge on any atom is -0.489 e. The first-order valence-corrected chi connectivity index (χ1v) is 9.44. The molecule has 4 rings (SSSR count). The molecule has 8 heteroatoms. The number of benzene rings is 2. The number of para-hydroxylation sites is 1. The molecule has 2 N–H and O–H groups in total. The number of anilines is 2. The van der Waals surface area contributed by atoms with Gasteiger partial charge >= 0.3 is 12.1 Å². The summed E-state index contributed by atoms with van der Waals surface area (Å²) < 4.78 is 5.90. The van der Waals surface area contributed by atoms with Gasteiger partial charge in [0.1, 0.15) is 11.9 Å². The van der Waals surface area contributed by atoms with Crippen molar-refractivity contribution in [2.24, 2.45) is 0 Å². The Balaban J connectivity index is 1.55. The summed E-state index contributed by atoms with van der Waals surface area (Å²) in [5.74, 6) is 0.461. The molecule has 5 amide bonds. The maximum absolute atomic E-state index is 12.9. The molecule has 29 heavy (non-hydrogen) atoms. The molecule has 8 nitrogen and oxygen atoms in total. The molecule has 2 aromatic rings. The summed E-state index contributed by atoms with van der Waals surface area (Å²) in [4.78, 5) is 39.7. The highest BCUT2D eigenvalue weighted by molar-refractivity contribution is 6.20. The monoisotopic (exact) mass is 394 g/mol. The Kier molecular flexibility index (Phi) is 4.84. The van der Waals surface area contributed by atoms with E-state index in [1.54, 1.807) is 23.1 Å². The number of ether oxygens (including phenoxy) is 1. The van der Waals surface area contributed by atoms with Crippen molar-refractivity contribution >= 4 is 29.3 Å². The van der Waals surface area contributed by atoms with Crippen LogP contribution in [0.5, 0.6) is 5.75 Å². The van der Waals surface area contributed by atoms with Gasteiger partial charge in [0.05, 0.1) is 25.3 Å². The first kappa shape index (κ1) is 18.8. The van der Waals surface area contributed by atoms with Crippen LogP contribution in [-0.4, -0.2) is 42.1 Å². The van der Waals surface area contributed by atoms with Crippen molar-refractivity contribution in [2.45, 2.75) is 26.5 Å². The highest BCUT2D eigenvalue weighted by Crippen LogP contribution is 2.28. The zero-order valence-corrected chi connectivity index (χ0v) is 16.3. The SMILES string of the molecule is Cc1ccc(NC(=O)N2Cc3ccccc3OC(C)C2)cc1N1C(=O)CNC1=O. The third-order valence-electron chi connectivity index (χ3n) is 4.97. The van der Waals surface area contributed by atoms with Gasteiger partial charge in [0.2, 0.25) is 0 Å². The highest BCUT2D eigenvalue weighted by atomic mass is 16.5. The van der Waals surface area contributed by atoms with Crippen molar-refractivity contribution in [3.63, 3.8) is 0 Å². The number of aryl methyl sites for hydroxylation is 1. The smallest absolute Gasteiger partial charge is 0.329 e. The minimum atomic E-state index is -0.461. The van der Waals surface area contributed by atoms with Crippen LogP contribution in [0.2, 0.25) is 0 Å². The first-order chi connectivity index (χ1) is 13.9. The minimum absolute atomic E-state index is 0.0278. The van der Waals surface area contributed by atoms with Crippen molar-refractivity contribution in [3.05, 3.63) is 53.6 Å². The summed E-state index contributed by atoms with van der Waals surface area (Å²) in [5.41, 5.74) is 2.67. The van der Waals surface area contributed by atoms with Gasteiger partial charge in [-0.25, -0.2) is 14.5 Å². The lowest BCUT2D eigenvalue weighted by Crippen LogP contribution is -2.39. The molecular formula is C21H22N4O4. The van der Waals surface area contributed by atoms with Crippen LogP contribution in [0.4, 0.5) is 21.0 Å². The summed E-state index contributed by atoms with van der Waals surface area (Å²) >= 11 is 0. The average molecular weight is 394 g/mol. The fourth-order valence-electron chi connectivity index (χ4n) is 3.54. The lowest BCUT2D eigenvalue weighted by Gasteiger charge is -2.23. The van der Waals surface area contributed by atoms with Gasteiger partial charge in [-0.3, -0.25) is 4.79 Å². The van der Waals surface area contributed by atoms with Crippen molar-refractivity contribution in [2.75, 3.05) is 23.3 Å². The predicted octanol–water partition coefficient (Wildman–Crippen LogP) is 2.87. The van der Waals surface area contributed by atoms with Gasteiger partial charge in [-0.2, -0.15) is 0 Å². The van der Waals surface area contributed by atoms with E-state index in [1.807, 2.05) is 38.1 Å². The third-order valence-corrected chi connectivity index (χ3v) is 4.97. The lowest BCUT2D eigenvalue weighted by atomic mass is 10.1. The van der Waals surface area contributed by atoms with Gasteiger partial charge < -0.3 is 20.3 Å². The number of carbonyl (C=O) groups excluding carboxylic acids is 3. The molecule has 0 aromatic heterocycles. The second-order valence-electron chi connectivity index (χ2n) is 7.24. The van der Waals surface area contributed by atoms with Gasteiger partial charge in [0.15, 0.2) is 0 Å². The first-order valence-electron chi connectivity index (χ1n) is 9.44. The number of imide groups is 1. The number of hydrogen-bond donors (Lipinski definition) is 2. The number of amides is 5. The molecule has 2 aliphatic rings. The van der Waals surface area contributed by atoms with Crippen LogP contribution in [0.3, 0.4) is 0 Å². The summed E-state index contributed by atoms with van der Waals surface area (Å²) in [7, 11) is 0. The summed E-state index contributed by atoms with van der Waals surface area (Å²) in [6.45, 7) is 4.57. The lowest BCUT2D eigenvalue weighted by molar-refractivity contribution is -0.115. The average Bonchev–Trinajstić information content (AvgIpc) is 2.92. The maximum Gasteiger partial charge on any atom is 0.329 e. The Morgan fingerprint density at radius 2 is 2.00 bits per heavy atom. The molecule has 0 radical (unpaired) electrons. The largest absolute Gasteiger partial charge is 0.489 e. The number of carbonyl (C=O) groups is 3. The molecule has 2 aliphatic heterocycles. The Morgan fingerprint density at radius 1 is 1.21 bits per heavy atom. The van der Waals surface area contributed by atoms with E-state index >= 15 is 0 Å². The van der Waals surface area contributed by atoms with E-state index in [9.17, 15) is 14.4 Å². The van der Waals surface area contributed by atoms with Crippen LogP contribution in [0, 0.1) is 6.92 Å². The molecule has 1 unspecified atom stereocenters. The molecule has 0 bridgehead atoms. The van der Waals surface area contributed by atoms with Crippen molar-refractivity contribution in [1.82, 2.24) is 10.2 Å². The molecule has 2 aromatic carbocycles. The number of fused-ring (bicyclic) bond motifs is 1. The van der Waals surface area contributed by atoms with Crippen LogP contribution in [0.15, 0.2) is 42.5 Å². The van der Waals surface area contributed by atoms with Gasteiger partial charge in [0.25, 0.3) is 5.91 Å². The molecule has 1 saturated heterocycles. The van der Waals surface area contributed by atoms with Crippen LogP contribution in [0.25, 0.3) is 0 Å². The topological polar surface area (TPSA) is 91.0 Å². The molecule has 0 saturated carbocycles. The second kappa shape index (κ2) is 7.46. The van der Waals surface area contributed by atoms with E-state index in [0.717, 1.165) is 21.8 Å². The maximum atomic E-state index is 12.9. The molecule has 1 fully saturated rings. The van der Waals surface area contributed by atoms with E-state index in [1.165, 1.54) is 0 Å². The summed E-state index contributed by atoms with van der Waals surface area (Å²) in [6.07, 6.45) is -0.149. The fraction of sp³-hybridized carbons (Fsp3) is 0.286. The van der Waals surface area contributed by atoms with Crippen molar-refractivity contribution < 1.29 is 19.1 Å². The molecule has 2 heterocycles. The Morgan fingerprint density at radius 3 is 2.76 bits per heavy atom. The van der Waals surface area contributed by atoms with Gasteiger partial charge in [0, 0.05) is 11.3 Å². The van der Waals surface area contributed by atoms with Crippen molar-refractivity contribution in [3.8, 4) is 5.75 Å². The van der Waals surface area contributed by atoms with Gasteiger partial charge in [-0.05, 0) is 37.6 Å². The molecule has 1 atom stereocenters.